The van der Waals surface area contributed by atoms with Gasteiger partial charge in [-0.25, -0.2) is 0 Å². The van der Waals surface area contributed by atoms with Crippen LogP contribution in [0, 0.1) is 25.6 Å². The molecule has 9 heteroatoms. The van der Waals surface area contributed by atoms with Gasteiger partial charge in [-0.3, -0.25) is 25.2 Å². The summed E-state index contributed by atoms with van der Waals surface area (Å²) >= 11 is 0. The van der Waals surface area contributed by atoms with Gasteiger partial charge in [-0.15, -0.1) is 0 Å². The van der Waals surface area contributed by atoms with Gasteiger partial charge in [0.2, 0.25) is 0 Å². The highest BCUT2D eigenvalue weighted by atomic mass is 16.6. The highest BCUT2D eigenvalue weighted by molar-refractivity contribution is 5.79. The molecule has 2 N–H and O–H groups in total. The number of rotatable bonds is 14. The van der Waals surface area contributed by atoms with E-state index >= 15 is 0 Å². The van der Waals surface area contributed by atoms with Crippen LogP contribution in [0.4, 0.5) is 11.4 Å². The van der Waals surface area contributed by atoms with Crippen LogP contribution in [0.25, 0.3) is 6.08 Å². The summed E-state index contributed by atoms with van der Waals surface area (Å²) in [6.07, 6.45) is 8.50. The number of nitro benzene ring substituents is 2. The summed E-state index contributed by atoms with van der Waals surface area (Å²) in [7, 11) is 0. The van der Waals surface area contributed by atoms with Crippen LogP contribution in [0.15, 0.2) is 59.6 Å². The average molecular weight is 470 g/mol. The molecule has 2 unspecified atom stereocenters. The zero-order valence-electron chi connectivity index (χ0n) is 19.2. The quantitative estimate of drug-likeness (QED) is 0.228. The number of aliphatic imine (C=N–C) groups is 1. The van der Waals surface area contributed by atoms with Crippen LogP contribution < -0.4 is 0 Å². The second kappa shape index (κ2) is 13.3. The number of aliphatic hydroxyl groups excluding tert-OH is 2. The summed E-state index contributed by atoms with van der Waals surface area (Å²) in [5, 5.41) is 40.5. The first-order valence-corrected chi connectivity index (χ1v) is 11.2. The first-order valence-electron chi connectivity index (χ1n) is 11.2. The molecule has 0 aliphatic carbocycles. The van der Waals surface area contributed by atoms with E-state index in [0.29, 0.717) is 19.4 Å². The summed E-state index contributed by atoms with van der Waals surface area (Å²) in [5.74, 6) is 0. The van der Waals surface area contributed by atoms with Gasteiger partial charge in [0.25, 0.3) is 11.4 Å². The number of aliphatic hydroxyl groups is 2. The predicted molar refractivity (Wildman–Crippen MR) is 132 cm³/mol. The Morgan fingerprint density at radius 1 is 1.00 bits per heavy atom. The molecule has 2 aromatic carbocycles. The molecule has 0 amide bonds. The number of hydrogen-bond donors (Lipinski definition) is 2. The number of hydrogen-bond acceptors (Lipinski definition) is 7. The molecule has 9 nitrogen and oxygen atoms in total. The van der Waals surface area contributed by atoms with Crippen molar-refractivity contribution in [3.8, 4) is 0 Å². The van der Waals surface area contributed by atoms with Gasteiger partial charge < -0.3 is 10.2 Å². The van der Waals surface area contributed by atoms with Crippen molar-refractivity contribution in [3.63, 3.8) is 0 Å². The zero-order chi connectivity index (χ0) is 25.0. The molecule has 0 spiro atoms. The van der Waals surface area contributed by atoms with Crippen molar-refractivity contribution in [2.24, 2.45) is 10.4 Å². The largest absolute Gasteiger partial charge is 0.394 e. The molecule has 0 saturated carbocycles. The molecule has 2 rings (SSSR count). The Hall–Kier alpha value is -3.43. The van der Waals surface area contributed by atoms with Crippen LogP contribution in [0.1, 0.15) is 50.2 Å². The highest BCUT2D eigenvalue weighted by Crippen LogP contribution is 2.34. The van der Waals surface area contributed by atoms with E-state index in [-0.39, 0.29) is 23.4 Å². The Morgan fingerprint density at radius 3 is 2.06 bits per heavy atom. The van der Waals surface area contributed by atoms with Gasteiger partial charge in [0.1, 0.15) is 0 Å². The summed E-state index contributed by atoms with van der Waals surface area (Å²) in [6.45, 7) is 2.35. The number of non-ortho nitro benzene ring substituents is 2. The lowest BCUT2D eigenvalue weighted by atomic mass is 9.77. The van der Waals surface area contributed by atoms with E-state index in [4.69, 9.17) is 5.11 Å². The molecule has 0 fully saturated rings. The van der Waals surface area contributed by atoms with Crippen molar-refractivity contribution >= 4 is 23.7 Å². The monoisotopic (exact) mass is 469 g/mol. The van der Waals surface area contributed by atoms with Gasteiger partial charge in [-0.1, -0.05) is 25.5 Å². The van der Waals surface area contributed by atoms with Crippen LogP contribution >= 0.6 is 0 Å². The van der Waals surface area contributed by atoms with E-state index in [1.165, 1.54) is 24.3 Å². The fraction of sp³-hybridized carbons (Fsp3) is 0.400. The number of nitro groups is 2. The van der Waals surface area contributed by atoms with Crippen LogP contribution in [-0.2, 0) is 0 Å². The number of nitrogens with zero attached hydrogens (tertiary/aromatic N) is 3. The molecule has 0 aliphatic rings. The molecule has 0 aromatic heterocycles. The SMILES string of the molecule is CCC(CC=Cc1ccc([N+](=O)[O-])cc1)(CCCC(O)CO)CN=Cc1ccc([N+](=O)[O-])cc1. The molecule has 0 radical (unpaired) electrons. The summed E-state index contributed by atoms with van der Waals surface area (Å²) in [5.41, 5.74) is 1.53. The molecule has 182 valence electrons. The van der Waals surface area contributed by atoms with Crippen molar-refractivity contribution in [3.05, 3.63) is 86.0 Å². The standard InChI is InChI=1S/C25H31N3O6/c1-2-25(16-4-6-24(30)18-29,15-3-5-20-7-11-22(12-8-20)27(31)32)19-26-17-21-9-13-23(14-10-21)28(33)34/h3,5,7-14,17,24,29-30H,2,4,6,15-16,18-19H2,1H3. The fourth-order valence-corrected chi connectivity index (χ4v) is 3.66. The van der Waals surface area contributed by atoms with Crippen molar-refractivity contribution in [1.82, 2.24) is 0 Å². The van der Waals surface area contributed by atoms with E-state index in [0.717, 1.165) is 30.4 Å². The highest BCUT2D eigenvalue weighted by Gasteiger charge is 2.26. The molecular weight excluding hydrogens is 438 g/mol. The van der Waals surface area contributed by atoms with Gasteiger partial charge in [-0.2, -0.15) is 0 Å². The Morgan fingerprint density at radius 2 is 1.56 bits per heavy atom. The first kappa shape index (κ1) is 26.8. The maximum atomic E-state index is 10.8. The second-order valence-electron chi connectivity index (χ2n) is 8.36. The summed E-state index contributed by atoms with van der Waals surface area (Å²) in [6, 6.07) is 12.5. The molecule has 0 bridgehead atoms. The third-order valence-electron chi connectivity index (χ3n) is 5.94. The van der Waals surface area contributed by atoms with E-state index < -0.39 is 16.0 Å². The Bertz CT molecular complexity index is 917. The van der Waals surface area contributed by atoms with Crippen LogP contribution in [0.3, 0.4) is 0 Å². The lowest BCUT2D eigenvalue weighted by Gasteiger charge is -2.30. The Kier molecular flexibility index (Phi) is 10.5. The molecule has 2 atom stereocenters. The van der Waals surface area contributed by atoms with E-state index in [1.807, 2.05) is 12.2 Å². The van der Waals surface area contributed by atoms with Gasteiger partial charge in [0, 0.05) is 37.0 Å². The maximum absolute atomic E-state index is 10.8. The van der Waals surface area contributed by atoms with Crippen molar-refractivity contribution in [1.29, 1.82) is 0 Å². The van der Waals surface area contributed by atoms with Gasteiger partial charge in [0.15, 0.2) is 0 Å². The molecule has 0 heterocycles. The van der Waals surface area contributed by atoms with Crippen LogP contribution in [-0.4, -0.2) is 45.5 Å². The van der Waals surface area contributed by atoms with Crippen molar-refractivity contribution in [2.75, 3.05) is 13.2 Å². The predicted octanol–water partition coefficient (Wildman–Crippen LogP) is 4.95. The van der Waals surface area contributed by atoms with Gasteiger partial charge in [0.05, 0.1) is 22.6 Å². The van der Waals surface area contributed by atoms with Crippen LogP contribution in [0.5, 0.6) is 0 Å². The molecule has 34 heavy (non-hydrogen) atoms. The third-order valence-corrected chi connectivity index (χ3v) is 5.94. The smallest absolute Gasteiger partial charge is 0.269 e. The number of allylic oxidation sites excluding steroid dienone is 1. The lowest BCUT2D eigenvalue weighted by molar-refractivity contribution is -0.385. The van der Waals surface area contributed by atoms with E-state index in [9.17, 15) is 25.3 Å². The number of benzene rings is 2. The zero-order valence-corrected chi connectivity index (χ0v) is 19.2. The molecular formula is C25H31N3O6. The lowest BCUT2D eigenvalue weighted by Crippen LogP contribution is -2.24. The van der Waals surface area contributed by atoms with Gasteiger partial charge in [-0.05, 0) is 66.5 Å². The topological polar surface area (TPSA) is 139 Å². The molecule has 0 saturated heterocycles. The first-order chi connectivity index (χ1) is 16.3. The van der Waals surface area contributed by atoms with E-state index in [2.05, 4.69) is 11.9 Å². The molecule has 2 aromatic rings. The molecule has 0 aliphatic heterocycles. The van der Waals surface area contributed by atoms with Gasteiger partial charge >= 0.3 is 0 Å². The summed E-state index contributed by atoms with van der Waals surface area (Å²) in [4.78, 5) is 25.4. The van der Waals surface area contributed by atoms with Crippen LogP contribution in [0.2, 0.25) is 0 Å². The summed E-state index contributed by atoms with van der Waals surface area (Å²) < 4.78 is 0. The van der Waals surface area contributed by atoms with E-state index in [1.54, 1.807) is 30.5 Å². The Balaban J connectivity index is 2.11. The minimum atomic E-state index is -0.742. The fourth-order valence-electron chi connectivity index (χ4n) is 3.66. The minimum absolute atomic E-state index is 0.0267. The maximum Gasteiger partial charge on any atom is 0.269 e. The second-order valence-corrected chi connectivity index (χ2v) is 8.36. The minimum Gasteiger partial charge on any atom is -0.394 e. The van der Waals surface area contributed by atoms with Crippen molar-refractivity contribution < 1.29 is 20.1 Å². The Labute approximate surface area is 198 Å². The average Bonchev–Trinajstić information content (AvgIpc) is 2.84. The third kappa shape index (κ3) is 8.49. The van der Waals surface area contributed by atoms with Crippen molar-refractivity contribution in [2.45, 2.75) is 45.1 Å². The normalized spacial score (nSPS) is 14.3.